The summed E-state index contributed by atoms with van der Waals surface area (Å²) in [5, 5.41) is 7.12. The molecule has 1 heterocycles. The van der Waals surface area contributed by atoms with Crippen molar-refractivity contribution in [3.05, 3.63) is 11.7 Å². The van der Waals surface area contributed by atoms with Crippen LogP contribution in [0.4, 0.5) is 0 Å². The highest BCUT2D eigenvalue weighted by atomic mass is 16.5. The maximum atomic E-state index is 5.42. The number of aryl methyl sites for hydroxylation is 1. The fourth-order valence-corrected chi connectivity index (χ4v) is 1.22. The highest BCUT2D eigenvalue weighted by Crippen LogP contribution is 2.00. The molecule has 16 heavy (non-hydrogen) atoms. The lowest BCUT2D eigenvalue weighted by molar-refractivity contribution is 0.0954. The first kappa shape index (κ1) is 13.1. The largest absolute Gasteiger partial charge is 0.372 e. The zero-order valence-electron chi connectivity index (χ0n) is 10.3. The summed E-state index contributed by atoms with van der Waals surface area (Å²) in [4.78, 5) is 4.16. The fourth-order valence-electron chi connectivity index (χ4n) is 1.22. The molecule has 0 aliphatic carbocycles. The molecule has 0 aliphatic rings. The van der Waals surface area contributed by atoms with Crippen molar-refractivity contribution in [3.8, 4) is 0 Å². The predicted molar refractivity (Wildman–Crippen MR) is 61.1 cm³/mol. The summed E-state index contributed by atoms with van der Waals surface area (Å²) in [6.07, 6.45) is 1.79. The molecule has 0 radical (unpaired) electrons. The van der Waals surface area contributed by atoms with Crippen LogP contribution in [0.1, 0.15) is 38.9 Å². The molecule has 5 nitrogen and oxygen atoms in total. The highest BCUT2D eigenvalue weighted by molar-refractivity contribution is 4.83. The molecule has 0 amide bonds. The standard InChI is InChI=1S/C11H21N3O2/c1-4-10-13-11(16-14-10)8-15-7-5-6-12-9(2)3/h9,12H,4-8H2,1-3H3. The molecule has 0 saturated heterocycles. The summed E-state index contributed by atoms with van der Waals surface area (Å²) in [6.45, 7) is 8.35. The van der Waals surface area contributed by atoms with Crippen LogP contribution in [0.25, 0.3) is 0 Å². The van der Waals surface area contributed by atoms with Crippen molar-refractivity contribution in [2.45, 2.75) is 46.3 Å². The van der Waals surface area contributed by atoms with E-state index in [0.29, 0.717) is 25.1 Å². The third kappa shape index (κ3) is 5.23. The lowest BCUT2D eigenvalue weighted by Gasteiger charge is -2.07. The van der Waals surface area contributed by atoms with Crippen LogP contribution in [0.2, 0.25) is 0 Å². The summed E-state index contributed by atoms with van der Waals surface area (Å²) in [6, 6.07) is 0.531. The van der Waals surface area contributed by atoms with Gasteiger partial charge in [0.15, 0.2) is 5.82 Å². The minimum atomic E-state index is 0.411. The van der Waals surface area contributed by atoms with E-state index in [0.717, 1.165) is 25.2 Å². The molecule has 1 rings (SSSR count). The lowest BCUT2D eigenvalue weighted by atomic mass is 10.3. The van der Waals surface area contributed by atoms with Crippen LogP contribution in [0.5, 0.6) is 0 Å². The topological polar surface area (TPSA) is 60.2 Å². The van der Waals surface area contributed by atoms with Gasteiger partial charge in [-0.15, -0.1) is 0 Å². The molecule has 1 aromatic heterocycles. The van der Waals surface area contributed by atoms with Crippen LogP contribution >= 0.6 is 0 Å². The monoisotopic (exact) mass is 227 g/mol. The van der Waals surface area contributed by atoms with Crippen LogP contribution < -0.4 is 5.32 Å². The number of nitrogens with one attached hydrogen (secondary N) is 1. The number of aromatic nitrogens is 2. The molecule has 1 N–H and O–H groups in total. The number of nitrogens with zero attached hydrogens (tertiary/aromatic N) is 2. The molecule has 5 heteroatoms. The molecule has 92 valence electrons. The number of hydrogen-bond donors (Lipinski definition) is 1. The van der Waals surface area contributed by atoms with Crippen molar-refractivity contribution in [2.75, 3.05) is 13.2 Å². The first-order valence-electron chi connectivity index (χ1n) is 5.85. The summed E-state index contributed by atoms with van der Waals surface area (Å²) in [7, 11) is 0. The number of ether oxygens (including phenoxy) is 1. The molecule has 0 spiro atoms. The molecule has 0 saturated carbocycles. The SMILES string of the molecule is CCc1noc(COCCCNC(C)C)n1. The van der Waals surface area contributed by atoms with Gasteiger partial charge in [-0.3, -0.25) is 0 Å². The van der Waals surface area contributed by atoms with Gasteiger partial charge in [-0.2, -0.15) is 4.98 Å². The second kappa shape index (κ2) is 7.35. The van der Waals surface area contributed by atoms with Crippen LogP contribution in [-0.2, 0) is 17.8 Å². The van der Waals surface area contributed by atoms with E-state index in [2.05, 4.69) is 29.3 Å². The minimum Gasteiger partial charge on any atom is -0.372 e. The Morgan fingerprint density at radius 2 is 2.25 bits per heavy atom. The first-order valence-corrected chi connectivity index (χ1v) is 5.85. The Morgan fingerprint density at radius 1 is 1.44 bits per heavy atom. The maximum Gasteiger partial charge on any atom is 0.252 e. The quantitative estimate of drug-likeness (QED) is 0.682. The van der Waals surface area contributed by atoms with Crippen molar-refractivity contribution in [1.82, 2.24) is 15.5 Å². The smallest absolute Gasteiger partial charge is 0.252 e. The molecule has 0 aromatic carbocycles. The van der Waals surface area contributed by atoms with E-state index in [1.54, 1.807) is 0 Å². The first-order chi connectivity index (χ1) is 7.72. The van der Waals surface area contributed by atoms with Gasteiger partial charge >= 0.3 is 0 Å². The second-order valence-electron chi connectivity index (χ2n) is 3.97. The fraction of sp³-hybridized carbons (Fsp3) is 0.818. The van der Waals surface area contributed by atoms with Crippen LogP contribution in [0.3, 0.4) is 0 Å². The van der Waals surface area contributed by atoms with Crippen molar-refractivity contribution in [1.29, 1.82) is 0 Å². The Hall–Kier alpha value is -0.940. The molecule has 0 fully saturated rings. The normalized spacial score (nSPS) is 11.2. The van der Waals surface area contributed by atoms with E-state index >= 15 is 0 Å². The predicted octanol–water partition coefficient (Wildman–Crippen LogP) is 1.54. The van der Waals surface area contributed by atoms with Crippen molar-refractivity contribution >= 4 is 0 Å². The van der Waals surface area contributed by atoms with Gasteiger partial charge in [0.05, 0.1) is 0 Å². The van der Waals surface area contributed by atoms with E-state index in [9.17, 15) is 0 Å². The zero-order chi connectivity index (χ0) is 11.8. The van der Waals surface area contributed by atoms with Gasteiger partial charge < -0.3 is 14.6 Å². The van der Waals surface area contributed by atoms with Gasteiger partial charge in [0.2, 0.25) is 0 Å². The van der Waals surface area contributed by atoms with Crippen LogP contribution in [0, 0.1) is 0 Å². The second-order valence-corrected chi connectivity index (χ2v) is 3.97. The van der Waals surface area contributed by atoms with E-state index in [1.807, 2.05) is 6.92 Å². The van der Waals surface area contributed by atoms with E-state index < -0.39 is 0 Å². The van der Waals surface area contributed by atoms with Crippen molar-refractivity contribution < 1.29 is 9.26 Å². The number of hydrogen-bond acceptors (Lipinski definition) is 5. The molecule has 0 bridgehead atoms. The average molecular weight is 227 g/mol. The third-order valence-corrected chi connectivity index (χ3v) is 2.07. The molecule has 0 unspecified atom stereocenters. The minimum absolute atomic E-state index is 0.411. The summed E-state index contributed by atoms with van der Waals surface area (Å²) in [5.41, 5.74) is 0. The Kier molecular flexibility index (Phi) is 6.03. The summed E-state index contributed by atoms with van der Waals surface area (Å²) < 4.78 is 10.4. The van der Waals surface area contributed by atoms with Gasteiger partial charge in [0.1, 0.15) is 6.61 Å². The number of rotatable bonds is 8. The molecular weight excluding hydrogens is 206 g/mol. The summed E-state index contributed by atoms with van der Waals surface area (Å²) in [5.74, 6) is 1.30. The van der Waals surface area contributed by atoms with Crippen LogP contribution in [0.15, 0.2) is 4.52 Å². The highest BCUT2D eigenvalue weighted by Gasteiger charge is 2.03. The molecule has 0 atom stereocenters. The Bertz CT molecular complexity index is 287. The van der Waals surface area contributed by atoms with Crippen LogP contribution in [-0.4, -0.2) is 29.3 Å². The molecule has 0 aliphatic heterocycles. The molecular formula is C11H21N3O2. The molecule has 1 aromatic rings. The van der Waals surface area contributed by atoms with Gasteiger partial charge in [-0.1, -0.05) is 25.9 Å². The lowest BCUT2D eigenvalue weighted by Crippen LogP contribution is -2.24. The Balaban J connectivity index is 2.02. The van der Waals surface area contributed by atoms with E-state index in [4.69, 9.17) is 9.26 Å². The Labute approximate surface area is 96.6 Å². The van der Waals surface area contributed by atoms with Crippen molar-refractivity contribution in [2.24, 2.45) is 0 Å². The van der Waals surface area contributed by atoms with Gasteiger partial charge in [0.25, 0.3) is 5.89 Å². The van der Waals surface area contributed by atoms with E-state index in [1.165, 1.54) is 0 Å². The van der Waals surface area contributed by atoms with E-state index in [-0.39, 0.29) is 0 Å². The average Bonchev–Trinajstić information content (AvgIpc) is 2.70. The van der Waals surface area contributed by atoms with Gasteiger partial charge in [0, 0.05) is 19.1 Å². The Morgan fingerprint density at radius 3 is 2.88 bits per heavy atom. The van der Waals surface area contributed by atoms with Gasteiger partial charge in [-0.25, -0.2) is 0 Å². The van der Waals surface area contributed by atoms with Gasteiger partial charge in [-0.05, 0) is 13.0 Å². The third-order valence-electron chi connectivity index (χ3n) is 2.07. The maximum absolute atomic E-state index is 5.42. The zero-order valence-corrected chi connectivity index (χ0v) is 10.3. The van der Waals surface area contributed by atoms with Crippen molar-refractivity contribution in [3.63, 3.8) is 0 Å². The summed E-state index contributed by atoms with van der Waals surface area (Å²) >= 11 is 0.